The van der Waals surface area contributed by atoms with Crippen molar-refractivity contribution in [2.24, 2.45) is 5.73 Å². The molecule has 0 saturated carbocycles. The number of aromatic nitrogens is 2. The lowest BCUT2D eigenvalue weighted by atomic mass is 10.2. The van der Waals surface area contributed by atoms with Gasteiger partial charge in [0.15, 0.2) is 0 Å². The fourth-order valence-electron chi connectivity index (χ4n) is 1.28. The first-order chi connectivity index (χ1) is 8.16. The predicted molar refractivity (Wildman–Crippen MR) is 66.6 cm³/mol. The van der Waals surface area contributed by atoms with E-state index in [4.69, 9.17) is 11.5 Å². The number of hydrogen-bond donors (Lipinski definition) is 3. The van der Waals surface area contributed by atoms with E-state index in [1.54, 1.807) is 5.51 Å². The maximum atomic E-state index is 11.1. The van der Waals surface area contributed by atoms with Crippen LogP contribution in [0.3, 0.4) is 0 Å². The molecule has 1 amide bonds. The number of nitrogens with two attached hydrogens (primary N) is 2. The van der Waals surface area contributed by atoms with Gasteiger partial charge >= 0.3 is 0 Å². The fraction of sp³-hybridized carbons (Fsp3) is 0.100. The van der Waals surface area contributed by atoms with Gasteiger partial charge in [-0.2, -0.15) is 0 Å². The van der Waals surface area contributed by atoms with Crippen LogP contribution in [0.15, 0.2) is 23.2 Å². The minimum Gasteiger partial charge on any atom is -0.397 e. The van der Waals surface area contributed by atoms with Crippen molar-refractivity contribution in [2.45, 2.75) is 6.54 Å². The van der Waals surface area contributed by atoms with E-state index < -0.39 is 5.91 Å². The van der Waals surface area contributed by atoms with Crippen LogP contribution < -0.4 is 16.8 Å². The summed E-state index contributed by atoms with van der Waals surface area (Å²) in [5.74, 6) is -0.0254. The van der Waals surface area contributed by atoms with Crippen LogP contribution in [0.2, 0.25) is 0 Å². The molecule has 0 spiro atoms. The second-order valence-electron chi connectivity index (χ2n) is 3.35. The third kappa shape index (κ3) is 2.70. The molecule has 0 aliphatic heterocycles. The Morgan fingerprint density at radius 3 is 2.94 bits per heavy atom. The molecule has 0 bridgehead atoms. The molecule has 5 N–H and O–H groups in total. The lowest BCUT2D eigenvalue weighted by Gasteiger charge is -2.06. The molecule has 0 aromatic carbocycles. The van der Waals surface area contributed by atoms with Crippen LogP contribution in [0.4, 0.5) is 11.5 Å². The molecule has 2 heterocycles. The highest BCUT2D eigenvalue weighted by Crippen LogP contribution is 2.14. The summed E-state index contributed by atoms with van der Waals surface area (Å²) in [6.45, 7) is 0.540. The van der Waals surface area contributed by atoms with Gasteiger partial charge in [0.1, 0.15) is 5.82 Å². The van der Waals surface area contributed by atoms with E-state index in [0.29, 0.717) is 12.4 Å². The van der Waals surface area contributed by atoms with Crippen molar-refractivity contribution < 1.29 is 4.79 Å². The van der Waals surface area contributed by atoms with E-state index >= 15 is 0 Å². The summed E-state index contributed by atoms with van der Waals surface area (Å²) >= 11 is 1.52. The molecule has 0 unspecified atom stereocenters. The van der Waals surface area contributed by atoms with Gasteiger partial charge in [-0.25, -0.2) is 9.97 Å². The first-order valence-electron chi connectivity index (χ1n) is 4.83. The van der Waals surface area contributed by atoms with Crippen LogP contribution in [-0.4, -0.2) is 15.9 Å². The summed E-state index contributed by atoms with van der Waals surface area (Å²) in [4.78, 5) is 19.3. The molecule has 2 aromatic rings. The topological polar surface area (TPSA) is 107 Å². The third-order valence-electron chi connectivity index (χ3n) is 2.13. The first-order valence-corrected chi connectivity index (χ1v) is 5.77. The van der Waals surface area contributed by atoms with Gasteiger partial charge in [0.05, 0.1) is 35.2 Å². The van der Waals surface area contributed by atoms with Crippen molar-refractivity contribution in [3.05, 3.63) is 34.4 Å². The van der Waals surface area contributed by atoms with E-state index in [1.807, 2.05) is 5.38 Å². The Morgan fingerprint density at radius 1 is 1.47 bits per heavy atom. The van der Waals surface area contributed by atoms with Gasteiger partial charge in [0, 0.05) is 5.38 Å². The van der Waals surface area contributed by atoms with Gasteiger partial charge in [0.25, 0.3) is 5.91 Å². The molecule has 88 valence electrons. The molecule has 0 aliphatic rings. The average Bonchev–Trinajstić information content (AvgIpc) is 2.80. The Morgan fingerprint density at radius 2 is 2.29 bits per heavy atom. The zero-order chi connectivity index (χ0) is 12.3. The van der Waals surface area contributed by atoms with E-state index in [1.165, 1.54) is 23.6 Å². The smallest absolute Gasteiger partial charge is 0.250 e. The highest BCUT2D eigenvalue weighted by Gasteiger charge is 2.07. The molecule has 2 rings (SSSR count). The maximum absolute atomic E-state index is 11.1. The SMILES string of the molecule is NC(=O)c1cc(NCc2cscn2)ncc1N. The number of carbonyl (C=O) groups excluding carboxylic acids is 1. The first kappa shape index (κ1) is 11.3. The van der Waals surface area contributed by atoms with E-state index in [-0.39, 0.29) is 11.3 Å². The van der Waals surface area contributed by atoms with Gasteiger partial charge in [-0.05, 0) is 6.07 Å². The van der Waals surface area contributed by atoms with Gasteiger partial charge < -0.3 is 16.8 Å². The van der Waals surface area contributed by atoms with Crippen molar-refractivity contribution in [1.82, 2.24) is 9.97 Å². The average molecular weight is 249 g/mol. The number of nitrogen functional groups attached to an aromatic ring is 1. The Hall–Kier alpha value is -2.15. The van der Waals surface area contributed by atoms with Crippen molar-refractivity contribution in [3.63, 3.8) is 0 Å². The zero-order valence-electron chi connectivity index (χ0n) is 8.88. The molecular formula is C10H11N5OS. The summed E-state index contributed by atoms with van der Waals surface area (Å²) in [7, 11) is 0. The summed E-state index contributed by atoms with van der Waals surface area (Å²) in [6, 6.07) is 1.53. The highest BCUT2D eigenvalue weighted by molar-refractivity contribution is 7.07. The molecule has 6 nitrogen and oxygen atoms in total. The standard InChI is InChI=1S/C10H11N5OS/c11-8-3-14-9(1-7(8)10(12)16)13-2-6-4-17-5-15-6/h1,3-5H,2,11H2,(H2,12,16)(H,13,14). The number of amides is 1. The van der Waals surface area contributed by atoms with Crippen LogP contribution in [0.25, 0.3) is 0 Å². The molecule has 17 heavy (non-hydrogen) atoms. The second-order valence-corrected chi connectivity index (χ2v) is 4.07. The largest absolute Gasteiger partial charge is 0.397 e. The van der Waals surface area contributed by atoms with E-state index in [2.05, 4.69) is 15.3 Å². The van der Waals surface area contributed by atoms with E-state index in [0.717, 1.165) is 5.69 Å². The van der Waals surface area contributed by atoms with Crippen molar-refractivity contribution >= 4 is 28.7 Å². The Kier molecular flexibility index (Phi) is 3.20. The number of hydrogen-bond acceptors (Lipinski definition) is 6. The van der Waals surface area contributed by atoms with Gasteiger partial charge in [-0.3, -0.25) is 4.79 Å². The van der Waals surface area contributed by atoms with Crippen molar-refractivity contribution in [3.8, 4) is 0 Å². The number of carbonyl (C=O) groups is 1. The number of rotatable bonds is 4. The van der Waals surface area contributed by atoms with Crippen LogP contribution in [0, 0.1) is 0 Å². The Balaban J connectivity index is 2.11. The number of nitrogens with one attached hydrogen (secondary N) is 1. The van der Waals surface area contributed by atoms with Crippen LogP contribution in [0.1, 0.15) is 16.1 Å². The fourth-order valence-corrected chi connectivity index (χ4v) is 1.84. The monoisotopic (exact) mass is 249 g/mol. The number of anilines is 2. The Bertz CT molecular complexity index is 525. The quantitative estimate of drug-likeness (QED) is 0.744. The minimum atomic E-state index is -0.568. The molecule has 2 aromatic heterocycles. The molecule has 0 saturated heterocycles. The Labute approximate surface area is 102 Å². The van der Waals surface area contributed by atoms with Gasteiger partial charge in [-0.15, -0.1) is 11.3 Å². The predicted octanol–water partition coefficient (Wildman–Crippen LogP) is 0.831. The number of nitrogens with zero attached hydrogens (tertiary/aromatic N) is 2. The maximum Gasteiger partial charge on any atom is 0.250 e. The third-order valence-corrected chi connectivity index (χ3v) is 2.77. The normalized spacial score (nSPS) is 10.1. The molecule has 7 heteroatoms. The van der Waals surface area contributed by atoms with Gasteiger partial charge in [-0.1, -0.05) is 0 Å². The molecule has 0 radical (unpaired) electrons. The van der Waals surface area contributed by atoms with Crippen molar-refractivity contribution in [2.75, 3.05) is 11.1 Å². The molecule has 0 atom stereocenters. The van der Waals surface area contributed by atoms with Crippen molar-refractivity contribution in [1.29, 1.82) is 0 Å². The molecule has 0 aliphatic carbocycles. The van der Waals surface area contributed by atoms with E-state index in [9.17, 15) is 4.79 Å². The number of pyridine rings is 1. The number of thiazole rings is 1. The van der Waals surface area contributed by atoms with Crippen LogP contribution in [0.5, 0.6) is 0 Å². The molecule has 0 fully saturated rings. The summed E-state index contributed by atoms with van der Waals surface area (Å²) < 4.78 is 0. The highest BCUT2D eigenvalue weighted by atomic mass is 32.1. The summed E-state index contributed by atoms with van der Waals surface area (Å²) in [6.07, 6.45) is 1.41. The lowest BCUT2D eigenvalue weighted by molar-refractivity contribution is 0.100. The molecular weight excluding hydrogens is 238 g/mol. The van der Waals surface area contributed by atoms with Crippen LogP contribution in [-0.2, 0) is 6.54 Å². The zero-order valence-corrected chi connectivity index (χ0v) is 9.70. The lowest BCUT2D eigenvalue weighted by Crippen LogP contribution is -2.14. The van der Waals surface area contributed by atoms with Crippen LogP contribution >= 0.6 is 11.3 Å². The van der Waals surface area contributed by atoms with Gasteiger partial charge in [0.2, 0.25) is 0 Å². The second kappa shape index (κ2) is 4.79. The number of primary amides is 1. The summed E-state index contributed by atoms with van der Waals surface area (Å²) in [5, 5.41) is 4.97. The summed E-state index contributed by atoms with van der Waals surface area (Å²) in [5.41, 5.74) is 14.0. The minimum absolute atomic E-state index is 0.265.